The molecule has 24 heavy (non-hydrogen) atoms. The van der Waals surface area contributed by atoms with Gasteiger partial charge in [-0.25, -0.2) is 4.79 Å². The number of piperidine rings is 1. The molecule has 2 rings (SSSR count). The minimum absolute atomic E-state index is 0.0133. The third-order valence-corrected chi connectivity index (χ3v) is 3.99. The summed E-state index contributed by atoms with van der Waals surface area (Å²) in [4.78, 5) is 25.7. The van der Waals surface area contributed by atoms with E-state index in [4.69, 9.17) is 4.74 Å². The fourth-order valence-corrected chi connectivity index (χ4v) is 2.63. The van der Waals surface area contributed by atoms with E-state index < -0.39 is 0 Å². The van der Waals surface area contributed by atoms with Gasteiger partial charge in [-0.15, -0.1) is 0 Å². The first kappa shape index (κ1) is 18.1. The minimum Gasteiger partial charge on any atom is -0.484 e. The Morgan fingerprint density at radius 1 is 1.21 bits per heavy atom. The van der Waals surface area contributed by atoms with Crippen molar-refractivity contribution in [2.45, 2.75) is 45.7 Å². The molecule has 0 aromatic heterocycles. The van der Waals surface area contributed by atoms with E-state index in [1.807, 2.05) is 45.0 Å². The third-order valence-electron chi connectivity index (χ3n) is 3.99. The maximum Gasteiger partial charge on any atom is 0.315 e. The van der Waals surface area contributed by atoms with Crippen molar-refractivity contribution in [3.05, 3.63) is 29.8 Å². The number of amides is 3. The average Bonchev–Trinajstić information content (AvgIpc) is 2.54. The number of benzene rings is 1. The maximum absolute atomic E-state index is 12.2. The molecule has 0 unspecified atom stereocenters. The van der Waals surface area contributed by atoms with E-state index in [1.54, 1.807) is 4.90 Å². The molecule has 1 aromatic carbocycles. The predicted molar refractivity (Wildman–Crippen MR) is 93.1 cm³/mol. The molecule has 1 aromatic rings. The first-order chi connectivity index (χ1) is 11.4. The van der Waals surface area contributed by atoms with Crippen LogP contribution in [0.15, 0.2) is 24.3 Å². The van der Waals surface area contributed by atoms with Crippen molar-refractivity contribution in [1.82, 2.24) is 15.5 Å². The third kappa shape index (κ3) is 5.76. The van der Waals surface area contributed by atoms with Crippen LogP contribution in [0.3, 0.4) is 0 Å². The van der Waals surface area contributed by atoms with Gasteiger partial charge in [0.1, 0.15) is 5.75 Å². The summed E-state index contributed by atoms with van der Waals surface area (Å²) in [5.74, 6) is 0.691. The average molecular weight is 333 g/mol. The Labute approximate surface area is 143 Å². The number of carbonyl (C=O) groups is 2. The molecule has 0 spiro atoms. The first-order valence-electron chi connectivity index (χ1n) is 8.48. The Morgan fingerprint density at radius 3 is 2.42 bits per heavy atom. The van der Waals surface area contributed by atoms with E-state index in [2.05, 4.69) is 10.6 Å². The molecular formula is C18H27N3O3. The van der Waals surface area contributed by atoms with Gasteiger partial charge in [0.25, 0.3) is 5.91 Å². The lowest BCUT2D eigenvalue weighted by molar-refractivity contribution is -0.134. The number of hydrogen-bond donors (Lipinski definition) is 2. The summed E-state index contributed by atoms with van der Waals surface area (Å²) in [7, 11) is 0. The second-order valence-electron chi connectivity index (χ2n) is 6.53. The van der Waals surface area contributed by atoms with Crippen LogP contribution in [-0.4, -0.2) is 48.6 Å². The normalized spacial score (nSPS) is 15.2. The molecule has 132 valence electrons. The monoisotopic (exact) mass is 333 g/mol. The van der Waals surface area contributed by atoms with Crippen LogP contribution in [0, 0.1) is 6.92 Å². The van der Waals surface area contributed by atoms with Gasteiger partial charge in [-0.3, -0.25) is 4.79 Å². The molecular weight excluding hydrogens is 306 g/mol. The second kappa shape index (κ2) is 8.57. The summed E-state index contributed by atoms with van der Waals surface area (Å²) in [5.41, 5.74) is 1.16. The maximum atomic E-state index is 12.2. The molecule has 0 radical (unpaired) electrons. The van der Waals surface area contributed by atoms with Crippen molar-refractivity contribution >= 4 is 11.9 Å². The largest absolute Gasteiger partial charge is 0.484 e. The molecule has 0 aliphatic carbocycles. The van der Waals surface area contributed by atoms with Gasteiger partial charge in [-0.1, -0.05) is 17.7 Å². The molecule has 0 saturated carbocycles. The molecule has 6 heteroatoms. The van der Waals surface area contributed by atoms with E-state index in [1.165, 1.54) is 0 Å². The second-order valence-corrected chi connectivity index (χ2v) is 6.53. The summed E-state index contributed by atoms with van der Waals surface area (Å²) >= 11 is 0. The highest BCUT2D eigenvalue weighted by Gasteiger charge is 2.24. The van der Waals surface area contributed by atoms with Crippen LogP contribution in [0.1, 0.15) is 32.3 Å². The van der Waals surface area contributed by atoms with Crippen LogP contribution < -0.4 is 15.4 Å². The highest BCUT2D eigenvalue weighted by atomic mass is 16.5. The quantitative estimate of drug-likeness (QED) is 0.866. The van der Waals surface area contributed by atoms with Crippen molar-refractivity contribution in [2.24, 2.45) is 0 Å². The Balaban J connectivity index is 1.70. The van der Waals surface area contributed by atoms with Crippen molar-refractivity contribution in [2.75, 3.05) is 19.7 Å². The summed E-state index contributed by atoms with van der Waals surface area (Å²) in [5, 5.41) is 5.77. The molecule has 1 heterocycles. The van der Waals surface area contributed by atoms with Gasteiger partial charge in [0, 0.05) is 25.2 Å². The molecule has 3 amide bonds. The van der Waals surface area contributed by atoms with E-state index in [-0.39, 0.29) is 30.6 Å². The van der Waals surface area contributed by atoms with Crippen molar-refractivity contribution in [3.63, 3.8) is 0 Å². The molecule has 2 N–H and O–H groups in total. The topological polar surface area (TPSA) is 70.7 Å². The van der Waals surface area contributed by atoms with Crippen LogP contribution in [0.5, 0.6) is 5.75 Å². The Morgan fingerprint density at radius 2 is 1.83 bits per heavy atom. The summed E-state index contributed by atoms with van der Waals surface area (Å²) in [6.45, 7) is 7.19. The number of aryl methyl sites for hydroxylation is 1. The highest BCUT2D eigenvalue weighted by Crippen LogP contribution is 2.13. The number of nitrogens with zero attached hydrogens (tertiary/aromatic N) is 1. The predicted octanol–water partition coefficient (Wildman–Crippen LogP) is 2.07. The molecule has 0 atom stereocenters. The lowest BCUT2D eigenvalue weighted by Gasteiger charge is -2.32. The summed E-state index contributed by atoms with van der Waals surface area (Å²) in [6, 6.07) is 7.74. The van der Waals surface area contributed by atoms with Crippen LogP contribution in [-0.2, 0) is 4.79 Å². The zero-order chi connectivity index (χ0) is 17.5. The van der Waals surface area contributed by atoms with Gasteiger partial charge in [-0.05, 0) is 45.7 Å². The van der Waals surface area contributed by atoms with Gasteiger partial charge in [-0.2, -0.15) is 0 Å². The van der Waals surface area contributed by atoms with Gasteiger partial charge >= 0.3 is 6.03 Å². The van der Waals surface area contributed by atoms with E-state index in [0.29, 0.717) is 18.8 Å². The van der Waals surface area contributed by atoms with Crippen molar-refractivity contribution in [1.29, 1.82) is 0 Å². The molecule has 1 aliphatic heterocycles. The number of nitrogens with one attached hydrogen (secondary N) is 2. The van der Waals surface area contributed by atoms with E-state index in [9.17, 15) is 9.59 Å². The number of carbonyl (C=O) groups excluding carboxylic acids is 2. The zero-order valence-corrected chi connectivity index (χ0v) is 14.7. The lowest BCUT2D eigenvalue weighted by atomic mass is 10.1. The van der Waals surface area contributed by atoms with E-state index >= 15 is 0 Å². The number of ether oxygens (including phenoxy) is 1. The van der Waals surface area contributed by atoms with Gasteiger partial charge in [0.15, 0.2) is 6.61 Å². The van der Waals surface area contributed by atoms with Crippen LogP contribution >= 0.6 is 0 Å². The zero-order valence-electron chi connectivity index (χ0n) is 14.7. The number of rotatable bonds is 5. The summed E-state index contributed by atoms with van der Waals surface area (Å²) in [6.07, 6.45) is 1.53. The highest BCUT2D eigenvalue weighted by molar-refractivity contribution is 5.78. The number of urea groups is 1. The Hall–Kier alpha value is -2.24. The van der Waals surface area contributed by atoms with Crippen LogP contribution in [0.2, 0.25) is 0 Å². The fourth-order valence-electron chi connectivity index (χ4n) is 2.63. The molecule has 0 bridgehead atoms. The van der Waals surface area contributed by atoms with Crippen molar-refractivity contribution < 1.29 is 14.3 Å². The van der Waals surface area contributed by atoms with E-state index in [0.717, 1.165) is 18.4 Å². The van der Waals surface area contributed by atoms with Gasteiger partial charge < -0.3 is 20.3 Å². The molecule has 1 saturated heterocycles. The van der Waals surface area contributed by atoms with Gasteiger partial charge in [0.2, 0.25) is 0 Å². The standard InChI is InChI=1S/C18H27N3O3/c1-13(2)19-18(23)20-15-8-10-21(11-9-15)17(22)12-24-16-6-4-14(3)5-7-16/h4-7,13,15H,8-12H2,1-3H3,(H2,19,20,23). The SMILES string of the molecule is Cc1ccc(OCC(=O)N2CCC(NC(=O)NC(C)C)CC2)cc1. The Kier molecular flexibility index (Phi) is 6.46. The lowest BCUT2D eigenvalue weighted by Crippen LogP contribution is -2.50. The fraction of sp³-hybridized carbons (Fsp3) is 0.556. The Bertz CT molecular complexity index is 549. The summed E-state index contributed by atoms with van der Waals surface area (Å²) < 4.78 is 5.54. The van der Waals surface area contributed by atoms with Crippen LogP contribution in [0.4, 0.5) is 4.79 Å². The minimum atomic E-state index is -0.141. The van der Waals surface area contributed by atoms with Crippen molar-refractivity contribution in [3.8, 4) is 5.75 Å². The smallest absolute Gasteiger partial charge is 0.315 e. The number of hydrogen-bond acceptors (Lipinski definition) is 3. The van der Waals surface area contributed by atoms with Gasteiger partial charge in [0.05, 0.1) is 0 Å². The molecule has 1 aliphatic rings. The number of likely N-dealkylation sites (tertiary alicyclic amines) is 1. The van der Waals surface area contributed by atoms with Crippen LogP contribution in [0.25, 0.3) is 0 Å². The molecule has 6 nitrogen and oxygen atoms in total. The molecule has 1 fully saturated rings. The first-order valence-corrected chi connectivity index (χ1v) is 8.48.